The largest absolute Gasteiger partial charge is 0.496 e. The van der Waals surface area contributed by atoms with E-state index in [-0.39, 0.29) is 5.69 Å². The lowest BCUT2D eigenvalue weighted by Crippen LogP contribution is -2.30. The van der Waals surface area contributed by atoms with Crippen molar-refractivity contribution in [3.05, 3.63) is 83.7 Å². The number of nitrogens with two attached hydrogens (primary N) is 1. The number of anilines is 1. The number of carboxylic acid groups (broad SMARTS) is 1. The molecule has 40 heavy (non-hydrogen) atoms. The van der Waals surface area contributed by atoms with Crippen LogP contribution in [0.4, 0.5) is 14.5 Å². The molecule has 0 aliphatic carbocycles. The number of hydrogen-bond donors (Lipinski definition) is 3. The molecule has 4 N–H and O–H groups in total. The molecule has 0 fully saturated rings. The van der Waals surface area contributed by atoms with E-state index in [2.05, 4.69) is 37.9 Å². The number of ether oxygens (including phenoxy) is 2. The van der Waals surface area contributed by atoms with Gasteiger partial charge in [0, 0.05) is 23.5 Å². The zero-order valence-corrected chi connectivity index (χ0v) is 23.0. The average Bonchev–Trinajstić information content (AvgIpc) is 2.92. The number of fused-ring (bicyclic) bond motifs is 1. The topological polar surface area (TPSA) is 124 Å². The van der Waals surface area contributed by atoms with Crippen LogP contribution in [0.3, 0.4) is 0 Å². The molecule has 3 aromatic carbocycles. The van der Waals surface area contributed by atoms with Crippen LogP contribution in [0.2, 0.25) is 0 Å². The number of aromatic nitrogens is 1. The first kappa shape index (κ1) is 31.5. The molecule has 4 rings (SSSR count). The Kier molecular flexibility index (Phi) is 11.8. The van der Waals surface area contributed by atoms with E-state index in [0.29, 0.717) is 0 Å². The molecule has 8 nitrogen and oxygen atoms in total. The minimum Gasteiger partial charge on any atom is -0.496 e. The van der Waals surface area contributed by atoms with Gasteiger partial charge < -0.3 is 25.6 Å². The Labute approximate surface area is 231 Å². The molecule has 0 radical (unpaired) electrons. The number of aryl methyl sites for hydroxylation is 1. The number of rotatable bonds is 6. The van der Waals surface area contributed by atoms with E-state index in [0.717, 1.165) is 40.1 Å². The molecule has 0 spiro atoms. The normalized spacial score (nSPS) is 9.97. The molecule has 0 saturated heterocycles. The number of carbonyl (C=O) groups is 2. The Morgan fingerprint density at radius 2 is 1.55 bits per heavy atom. The van der Waals surface area contributed by atoms with Gasteiger partial charge >= 0.3 is 5.97 Å². The van der Waals surface area contributed by atoms with Gasteiger partial charge in [-0.25, -0.2) is 8.78 Å². The van der Waals surface area contributed by atoms with Crippen LogP contribution in [0.15, 0.2) is 60.9 Å². The molecule has 1 aromatic heterocycles. The van der Waals surface area contributed by atoms with Crippen LogP contribution >= 0.6 is 0 Å². The van der Waals surface area contributed by atoms with Crippen LogP contribution < -0.4 is 20.5 Å². The van der Waals surface area contributed by atoms with E-state index in [9.17, 15) is 18.4 Å². The van der Waals surface area contributed by atoms with Gasteiger partial charge in [-0.3, -0.25) is 14.6 Å². The summed E-state index contributed by atoms with van der Waals surface area (Å²) in [5, 5.41) is 12.4. The Balaban J connectivity index is 0.000000264. The molecular weight excluding hydrogens is 520 g/mol. The van der Waals surface area contributed by atoms with E-state index in [1.165, 1.54) is 17.4 Å². The number of nitrogen functional groups attached to an aromatic ring is 1. The first-order valence-corrected chi connectivity index (χ1v) is 12.4. The van der Waals surface area contributed by atoms with Crippen molar-refractivity contribution in [1.82, 2.24) is 10.3 Å². The highest BCUT2D eigenvalue weighted by Gasteiger charge is 2.19. The molecule has 212 valence electrons. The Bertz CT molecular complexity index is 1430. The molecule has 0 aliphatic heterocycles. The highest BCUT2D eigenvalue weighted by molar-refractivity contribution is 6.00. The number of pyridine rings is 1. The minimum atomic E-state index is -1.32. The zero-order chi connectivity index (χ0) is 29.8. The molecule has 0 aliphatic rings. The van der Waals surface area contributed by atoms with Crippen molar-refractivity contribution in [3.63, 3.8) is 0 Å². The van der Waals surface area contributed by atoms with E-state index < -0.39 is 35.6 Å². The minimum absolute atomic E-state index is 0.162. The lowest BCUT2D eigenvalue weighted by atomic mass is 9.95. The number of nitrogens with zero attached hydrogens (tertiary/aromatic N) is 1. The van der Waals surface area contributed by atoms with Gasteiger partial charge in [-0.05, 0) is 53.8 Å². The van der Waals surface area contributed by atoms with E-state index in [1.54, 1.807) is 14.2 Å². The van der Waals surface area contributed by atoms with Gasteiger partial charge in [0.2, 0.25) is 0 Å². The number of aliphatic carboxylic acids is 1. The third kappa shape index (κ3) is 7.89. The third-order valence-electron chi connectivity index (χ3n) is 5.42. The molecule has 0 unspecified atom stereocenters. The van der Waals surface area contributed by atoms with Crippen molar-refractivity contribution in [2.75, 3.05) is 26.5 Å². The maximum absolute atomic E-state index is 13.2. The maximum atomic E-state index is 13.2. The first-order chi connectivity index (χ1) is 19.1. The predicted octanol–water partition coefficient (Wildman–Crippen LogP) is 6.01. The molecular formula is C30H33F2N3O5. The number of methoxy groups -OCH3 is 2. The maximum Gasteiger partial charge on any atom is 0.322 e. The fraction of sp³-hybridized carbons (Fsp3) is 0.233. The van der Waals surface area contributed by atoms with Crippen molar-refractivity contribution in [3.8, 4) is 22.6 Å². The highest BCUT2D eigenvalue weighted by atomic mass is 19.1. The molecule has 1 amide bonds. The SMILES string of the molecule is CCC.COc1cccc(OC)c1-c1ccc(C)c2ccncc12.Nc1cc(F)c(C(=O)NCC(=O)O)c(F)c1. The second-order valence-electron chi connectivity index (χ2n) is 8.53. The van der Waals surface area contributed by atoms with Gasteiger partial charge in [0.15, 0.2) is 0 Å². The molecule has 0 atom stereocenters. The van der Waals surface area contributed by atoms with Gasteiger partial charge in [-0.1, -0.05) is 38.5 Å². The van der Waals surface area contributed by atoms with Gasteiger partial charge in [0.1, 0.15) is 35.2 Å². The number of carbonyl (C=O) groups excluding carboxylic acids is 1. The van der Waals surface area contributed by atoms with Crippen LogP contribution in [-0.2, 0) is 4.79 Å². The number of hydrogen-bond acceptors (Lipinski definition) is 6. The first-order valence-electron chi connectivity index (χ1n) is 12.4. The summed E-state index contributed by atoms with van der Waals surface area (Å²) in [6.45, 7) is 5.63. The molecule has 0 saturated carbocycles. The Hall–Kier alpha value is -4.73. The summed E-state index contributed by atoms with van der Waals surface area (Å²) in [7, 11) is 3.35. The number of halogens is 2. The van der Waals surface area contributed by atoms with Gasteiger partial charge in [0.25, 0.3) is 5.91 Å². The summed E-state index contributed by atoms with van der Waals surface area (Å²) in [6, 6.07) is 13.6. The molecule has 10 heteroatoms. The van der Waals surface area contributed by atoms with Crippen LogP contribution in [0.1, 0.15) is 36.2 Å². The van der Waals surface area contributed by atoms with Gasteiger partial charge in [0.05, 0.1) is 19.8 Å². The number of benzene rings is 3. The standard InChI is InChI=1S/C18H17NO2.C9H8F2N2O3.C3H8/c1-12-7-8-14(15-11-19-10-9-13(12)15)18-16(20-2)5-4-6-17(18)21-3;10-5-1-4(12)2-6(11)8(5)9(16)13-3-7(14)15;1-3-2/h4-11H,1-3H3;1-2H,3,12H2,(H,13,16)(H,14,15);3H2,1-2H3. The summed E-state index contributed by atoms with van der Waals surface area (Å²) >= 11 is 0. The van der Waals surface area contributed by atoms with E-state index in [4.69, 9.17) is 20.3 Å². The van der Waals surface area contributed by atoms with E-state index in [1.807, 2.05) is 42.0 Å². The number of nitrogens with one attached hydrogen (secondary N) is 1. The lowest BCUT2D eigenvalue weighted by molar-refractivity contribution is -0.135. The second-order valence-corrected chi connectivity index (χ2v) is 8.53. The fourth-order valence-electron chi connectivity index (χ4n) is 3.73. The number of amides is 1. The quantitative estimate of drug-likeness (QED) is 0.250. The summed E-state index contributed by atoms with van der Waals surface area (Å²) < 4.78 is 37.4. The van der Waals surface area contributed by atoms with Crippen molar-refractivity contribution < 1.29 is 33.0 Å². The third-order valence-corrected chi connectivity index (χ3v) is 5.42. The smallest absolute Gasteiger partial charge is 0.322 e. The monoisotopic (exact) mass is 553 g/mol. The zero-order valence-electron chi connectivity index (χ0n) is 23.0. The van der Waals surface area contributed by atoms with Gasteiger partial charge in [-0.2, -0.15) is 0 Å². The second kappa shape index (κ2) is 15.0. The highest BCUT2D eigenvalue weighted by Crippen LogP contribution is 2.41. The van der Waals surface area contributed by atoms with Crippen LogP contribution in [0.25, 0.3) is 21.9 Å². The Morgan fingerprint density at radius 3 is 2.08 bits per heavy atom. The van der Waals surface area contributed by atoms with Crippen molar-refractivity contribution >= 4 is 28.3 Å². The summed E-state index contributed by atoms with van der Waals surface area (Å²) in [5.41, 5.74) is 7.38. The van der Waals surface area contributed by atoms with Crippen molar-refractivity contribution in [2.24, 2.45) is 0 Å². The Morgan fingerprint density at radius 1 is 0.975 bits per heavy atom. The summed E-state index contributed by atoms with van der Waals surface area (Å²) in [6.07, 6.45) is 4.96. The summed E-state index contributed by atoms with van der Waals surface area (Å²) in [4.78, 5) is 25.6. The van der Waals surface area contributed by atoms with Gasteiger partial charge in [-0.15, -0.1) is 0 Å². The fourth-order valence-corrected chi connectivity index (χ4v) is 3.73. The molecule has 1 heterocycles. The van der Waals surface area contributed by atoms with Crippen LogP contribution in [0.5, 0.6) is 11.5 Å². The lowest BCUT2D eigenvalue weighted by Gasteiger charge is -2.15. The van der Waals surface area contributed by atoms with Crippen LogP contribution in [-0.4, -0.2) is 42.7 Å². The average molecular weight is 554 g/mol. The predicted molar refractivity (Wildman–Crippen MR) is 152 cm³/mol. The van der Waals surface area contributed by atoms with E-state index >= 15 is 0 Å². The van der Waals surface area contributed by atoms with Crippen molar-refractivity contribution in [2.45, 2.75) is 27.2 Å². The number of carboxylic acids is 1. The summed E-state index contributed by atoms with van der Waals surface area (Å²) in [5.74, 6) is -3.14. The molecule has 4 aromatic rings. The molecule has 0 bridgehead atoms. The van der Waals surface area contributed by atoms with Crippen LogP contribution in [0, 0.1) is 18.6 Å². The van der Waals surface area contributed by atoms with Crippen molar-refractivity contribution in [1.29, 1.82) is 0 Å².